The molecule has 2 aromatic heterocycles. The predicted molar refractivity (Wildman–Crippen MR) is 120 cm³/mol. The summed E-state index contributed by atoms with van der Waals surface area (Å²) in [5.41, 5.74) is 3.07. The molecule has 2 heterocycles. The minimum atomic E-state index is -0.0961. The van der Waals surface area contributed by atoms with Gasteiger partial charge in [-0.15, -0.1) is 0 Å². The van der Waals surface area contributed by atoms with E-state index in [1.807, 2.05) is 54.0 Å². The van der Waals surface area contributed by atoms with Gasteiger partial charge < -0.3 is 14.2 Å². The number of carbonyl (C=O) groups excluding carboxylic acids is 1. The fourth-order valence-electron chi connectivity index (χ4n) is 3.64. The van der Waals surface area contributed by atoms with Crippen molar-refractivity contribution in [3.05, 3.63) is 65.7 Å². The summed E-state index contributed by atoms with van der Waals surface area (Å²) in [6.07, 6.45) is 2.40. The van der Waals surface area contributed by atoms with Gasteiger partial charge in [0.1, 0.15) is 5.82 Å². The van der Waals surface area contributed by atoms with Gasteiger partial charge in [0.05, 0.1) is 24.2 Å². The number of rotatable bonds is 8. The first-order valence-electron chi connectivity index (χ1n) is 10.5. The van der Waals surface area contributed by atoms with E-state index in [0.29, 0.717) is 12.3 Å². The van der Waals surface area contributed by atoms with Crippen LogP contribution in [0, 0.1) is 0 Å². The number of furan rings is 1. The van der Waals surface area contributed by atoms with Crippen molar-refractivity contribution in [2.24, 2.45) is 0 Å². The molecule has 1 aromatic carbocycles. The molecular formula is C24H32N4O2. The van der Waals surface area contributed by atoms with Gasteiger partial charge in [-0.3, -0.25) is 4.79 Å². The highest BCUT2D eigenvalue weighted by atomic mass is 16.3. The normalized spacial score (nSPS) is 12.2. The maximum Gasteiger partial charge on any atom is 0.290 e. The molecule has 0 aliphatic carbocycles. The Morgan fingerprint density at radius 1 is 1.10 bits per heavy atom. The van der Waals surface area contributed by atoms with Crippen LogP contribution in [0.15, 0.2) is 53.1 Å². The van der Waals surface area contributed by atoms with Crippen molar-refractivity contribution in [1.29, 1.82) is 0 Å². The molecular weight excluding hydrogens is 376 g/mol. The third-order valence-electron chi connectivity index (χ3n) is 5.40. The number of anilines is 1. The van der Waals surface area contributed by atoms with Crippen molar-refractivity contribution in [1.82, 2.24) is 14.7 Å². The first kappa shape index (κ1) is 21.7. The molecule has 160 valence electrons. The molecule has 0 bridgehead atoms. The Morgan fingerprint density at radius 3 is 2.33 bits per heavy atom. The summed E-state index contributed by atoms with van der Waals surface area (Å²) < 4.78 is 7.40. The zero-order chi connectivity index (χ0) is 21.8. The van der Waals surface area contributed by atoms with Gasteiger partial charge in [-0.25, -0.2) is 4.68 Å². The molecule has 3 rings (SSSR count). The average Bonchev–Trinajstić information content (AvgIpc) is 3.39. The van der Waals surface area contributed by atoms with E-state index in [9.17, 15) is 4.79 Å². The van der Waals surface area contributed by atoms with Crippen LogP contribution in [0.1, 0.15) is 61.8 Å². The summed E-state index contributed by atoms with van der Waals surface area (Å²) in [5, 5.41) is 4.98. The second-order valence-corrected chi connectivity index (χ2v) is 8.15. The molecule has 0 N–H and O–H groups in total. The number of hydrogen-bond donors (Lipinski definition) is 0. The third-order valence-corrected chi connectivity index (χ3v) is 5.40. The van der Waals surface area contributed by atoms with Crippen molar-refractivity contribution in [2.45, 2.75) is 52.6 Å². The lowest BCUT2D eigenvalue weighted by molar-refractivity contribution is 0.0638. The van der Waals surface area contributed by atoms with Crippen LogP contribution >= 0.6 is 0 Å². The van der Waals surface area contributed by atoms with E-state index in [4.69, 9.17) is 9.52 Å². The van der Waals surface area contributed by atoms with Gasteiger partial charge in [-0.1, -0.05) is 39.0 Å². The lowest BCUT2D eigenvalue weighted by atomic mass is 10.0. The maximum absolute atomic E-state index is 13.2. The van der Waals surface area contributed by atoms with Crippen LogP contribution in [-0.4, -0.2) is 40.7 Å². The summed E-state index contributed by atoms with van der Waals surface area (Å²) in [4.78, 5) is 17.2. The van der Waals surface area contributed by atoms with Gasteiger partial charge in [0.2, 0.25) is 0 Å². The number of carbonyl (C=O) groups is 1. The molecule has 0 spiro atoms. The highest BCUT2D eigenvalue weighted by molar-refractivity contribution is 5.91. The summed E-state index contributed by atoms with van der Waals surface area (Å²) >= 11 is 0. The molecule has 0 saturated heterocycles. The molecule has 3 aromatic rings. The van der Waals surface area contributed by atoms with E-state index in [1.54, 1.807) is 18.4 Å². The van der Waals surface area contributed by atoms with Crippen molar-refractivity contribution in [3.63, 3.8) is 0 Å². The number of benzene rings is 1. The molecule has 6 nitrogen and oxygen atoms in total. The van der Waals surface area contributed by atoms with Gasteiger partial charge in [-0.05, 0) is 43.5 Å². The Morgan fingerprint density at radius 2 is 1.80 bits per heavy atom. The molecule has 30 heavy (non-hydrogen) atoms. The molecule has 0 fully saturated rings. The molecule has 0 aliphatic heterocycles. The predicted octanol–water partition coefficient (Wildman–Crippen LogP) is 5.10. The first-order valence-corrected chi connectivity index (χ1v) is 10.5. The molecule has 1 amide bonds. The van der Waals surface area contributed by atoms with Gasteiger partial charge in [0.15, 0.2) is 5.76 Å². The summed E-state index contributed by atoms with van der Waals surface area (Å²) in [7, 11) is 4.04. The Hall–Kier alpha value is -3.02. The standard InChI is InChI=1S/C24H32N4O2/c1-7-18(4)27(24(29)21-14-11-15-30-21)16-20-22(17(2)3)25-28(23(20)26(5)6)19-12-9-8-10-13-19/h8-15,17-18H,7,16H2,1-6H3/t18-/m0/s1. The molecule has 0 aliphatic rings. The monoisotopic (exact) mass is 408 g/mol. The van der Waals surface area contributed by atoms with E-state index >= 15 is 0 Å². The van der Waals surface area contributed by atoms with Crippen LogP contribution in [0.2, 0.25) is 0 Å². The SMILES string of the molecule is CC[C@H](C)N(Cc1c(C(C)C)nn(-c2ccccc2)c1N(C)C)C(=O)c1ccco1. The van der Waals surface area contributed by atoms with Gasteiger partial charge >= 0.3 is 0 Å². The van der Waals surface area contributed by atoms with Crippen molar-refractivity contribution in [3.8, 4) is 5.69 Å². The van der Waals surface area contributed by atoms with Crippen LogP contribution in [0.25, 0.3) is 5.69 Å². The fourth-order valence-corrected chi connectivity index (χ4v) is 3.64. The quantitative estimate of drug-likeness (QED) is 0.521. The zero-order valence-corrected chi connectivity index (χ0v) is 18.8. The number of aromatic nitrogens is 2. The van der Waals surface area contributed by atoms with Gasteiger partial charge in [-0.2, -0.15) is 5.10 Å². The maximum atomic E-state index is 13.2. The van der Waals surface area contributed by atoms with Crippen LogP contribution < -0.4 is 4.90 Å². The average molecular weight is 409 g/mol. The minimum absolute atomic E-state index is 0.0673. The Balaban J connectivity index is 2.12. The largest absolute Gasteiger partial charge is 0.459 e. The minimum Gasteiger partial charge on any atom is -0.459 e. The van der Waals surface area contributed by atoms with Crippen LogP contribution in [0.4, 0.5) is 5.82 Å². The Bertz CT molecular complexity index is 959. The van der Waals surface area contributed by atoms with Crippen molar-refractivity contribution >= 4 is 11.7 Å². The smallest absolute Gasteiger partial charge is 0.290 e. The highest BCUT2D eigenvalue weighted by Crippen LogP contribution is 2.32. The Kier molecular flexibility index (Phi) is 6.65. The summed E-state index contributed by atoms with van der Waals surface area (Å²) in [6, 6.07) is 13.7. The molecule has 1 atom stereocenters. The Labute approximate surface area is 179 Å². The molecule has 6 heteroatoms. The lowest BCUT2D eigenvalue weighted by Gasteiger charge is -2.29. The zero-order valence-electron chi connectivity index (χ0n) is 18.8. The van der Waals surface area contributed by atoms with E-state index in [1.165, 1.54) is 0 Å². The number of nitrogens with zero attached hydrogens (tertiary/aromatic N) is 4. The van der Waals surface area contributed by atoms with Crippen LogP contribution in [0.5, 0.6) is 0 Å². The first-order chi connectivity index (χ1) is 14.3. The van der Waals surface area contributed by atoms with E-state index in [-0.39, 0.29) is 17.9 Å². The van der Waals surface area contributed by atoms with Crippen LogP contribution in [-0.2, 0) is 6.54 Å². The lowest BCUT2D eigenvalue weighted by Crippen LogP contribution is -2.38. The van der Waals surface area contributed by atoms with E-state index < -0.39 is 0 Å². The topological polar surface area (TPSA) is 54.5 Å². The van der Waals surface area contributed by atoms with E-state index in [0.717, 1.165) is 29.2 Å². The fraction of sp³-hybridized carbons (Fsp3) is 0.417. The number of para-hydroxylation sites is 1. The third kappa shape index (κ3) is 4.27. The van der Waals surface area contributed by atoms with Crippen molar-refractivity contribution < 1.29 is 9.21 Å². The summed E-state index contributed by atoms with van der Waals surface area (Å²) in [5.74, 6) is 1.48. The van der Waals surface area contributed by atoms with Gasteiger partial charge in [0.25, 0.3) is 5.91 Å². The second-order valence-electron chi connectivity index (χ2n) is 8.15. The van der Waals surface area contributed by atoms with Gasteiger partial charge in [0, 0.05) is 25.7 Å². The molecule has 0 saturated carbocycles. The van der Waals surface area contributed by atoms with Crippen molar-refractivity contribution in [2.75, 3.05) is 19.0 Å². The highest BCUT2D eigenvalue weighted by Gasteiger charge is 2.29. The second kappa shape index (κ2) is 9.20. The molecule has 0 radical (unpaired) electrons. The summed E-state index contributed by atoms with van der Waals surface area (Å²) in [6.45, 7) is 8.93. The number of amides is 1. The van der Waals surface area contributed by atoms with E-state index in [2.05, 4.69) is 32.6 Å². The number of hydrogen-bond acceptors (Lipinski definition) is 4. The molecule has 0 unspecified atom stereocenters. The van der Waals surface area contributed by atoms with Crippen LogP contribution in [0.3, 0.4) is 0 Å².